The van der Waals surface area contributed by atoms with Crippen molar-refractivity contribution in [2.24, 2.45) is 0 Å². The SMILES string of the molecule is Cc1c([C@@H](C)NC(=O)Nc2ccc(N3CCCC3=O)cc2)oc2ccc(F)cc12. The number of furan rings is 1. The van der Waals surface area contributed by atoms with Crippen molar-refractivity contribution in [1.29, 1.82) is 0 Å². The number of aryl methyl sites for hydroxylation is 1. The highest BCUT2D eigenvalue weighted by Crippen LogP contribution is 2.30. The monoisotopic (exact) mass is 395 g/mol. The fourth-order valence-corrected chi connectivity index (χ4v) is 3.70. The van der Waals surface area contributed by atoms with Gasteiger partial charge < -0.3 is 20.0 Å². The van der Waals surface area contributed by atoms with E-state index in [1.54, 1.807) is 23.1 Å². The van der Waals surface area contributed by atoms with Gasteiger partial charge in [-0.25, -0.2) is 9.18 Å². The fraction of sp³-hybridized carbons (Fsp3) is 0.273. The Morgan fingerprint density at radius 3 is 2.66 bits per heavy atom. The molecule has 0 unspecified atom stereocenters. The third-order valence-corrected chi connectivity index (χ3v) is 5.19. The minimum absolute atomic E-state index is 0.123. The first-order valence-corrected chi connectivity index (χ1v) is 9.59. The first-order valence-electron chi connectivity index (χ1n) is 9.59. The van der Waals surface area contributed by atoms with E-state index in [1.807, 2.05) is 26.0 Å². The molecule has 1 fully saturated rings. The molecule has 1 aliphatic heterocycles. The van der Waals surface area contributed by atoms with Crippen LogP contribution in [0.1, 0.15) is 37.1 Å². The van der Waals surface area contributed by atoms with Crippen LogP contribution in [0.2, 0.25) is 0 Å². The van der Waals surface area contributed by atoms with Crippen molar-refractivity contribution >= 4 is 34.3 Å². The lowest BCUT2D eigenvalue weighted by Gasteiger charge is -2.17. The van der Waals surface area contributed by atoms with Crippen LogP contribution in [0.15, 0.2) is 46.9 Å². The summed E-state index contributed by atoms with van der Waals surface area (Å²) in [6.07, 6.45) is 1.45. The Hall–Kier alpha value is -3.35. The van der Waals surface area contributed by atoms with E-state index in [4.69, 9.17) is 4.42 Å². The Kier molecular flexibility index (Phi) is 4.96. The van der Waals surface area contributed by atoms with E-state index in [0.717, 1.165) is 24.2 Å². The summed E-state index contributed by atoms with van der Waals surface area (Å²) in [7, 11) is 0. The van der Waals surface area contributed by atoms with Crippen molar-refractivity contribution in [1.82, 2.24) is 5.32 Å². The van der Waals surface area contributed by atoms with Gasteiger partial charge in [0.2, 0.25) is 5.91 Å². The number of urea groups is 1. The topological polar surface area (TPSA) is 74.6 Å². The predicted octanol–water partition coefficient (Wildman–Crippen LogP) is 4.89. The number of hydrogen-bond acceptors (Lipinski definition) is 3. The lowest BCUT2D eigenvalue weighted by molar-refractivity contribution is -0.117. The molecule has 1 atom stereocenters. The molecule has 0 saturated carbocycles. The molecule has 3 aromatic rings. The summed E-state index contributed by atoms with van der Waals surface area (Å²) < 4.78 is 19.3. The Morgan fingerprint density at radius 1 is 1.21 bits per heavy atom. The number of nitrogens with one attached hydrogen (secondary N) is 2. The predicted molar refractivity (Wildman–Crippen MR) is 110 cm³/mol. The summed E-state index contributed by atoms with van der Waals surface area (Å²) in [5.74, 6) is 0.382. The zero-order valence-corrected chi connectivity index (χ0v) is 16.3. The molecular formula is C22H22FN3O3. The van der Waals surface area contributed by atoms with Gasteiger partial charge in [-0.1, -0.05) is 0 Å². The Labute approximate surface area is 167 Å². The molecule has 2 heterocycles. The standard InChI is InChI=1S/C22H22FN3O3/c1-13-18-12-15(23)5-10-19(18)29-21(13)14(2)24-22(28)25-16-6-8-17(9-7-16)26-11-3-4-20(26)27/h5-10,12,14H,3-4,11H2,1-2H3,(H2,24,25,28)/t14-/m1/s1. The van der Waals surface area contributed by atoms with E-state index in [9.17, 15) is 14.0 Å². The molecule has 4 rings (SSSR count). The number of anilines is 2. The second-order valence-electron chi connectivity index (χ2n) is 7.25. The van der Waals surface area contributed by atoms with E-state index in [2.05, 4.69) is 10.6 Å². The molecule has 150 valence electrons. The maximum absolute atomic E-state index is 13.5. The Balaban J connectivity index is 1.42. The van der Waals surface area contributed by atoms with Gasteiger partial charge >= 0.3 is 6.03 Å². The number of fused-ring (bicyclic) bond motifs is 1. The van der Waals surface area contributed by atoms with Gasteiger partial charge in [-0.3, -0.25) is 4.79 Å². The number of rotatable bonds is 4. The summed E-state index contributed by atoms with van der Waals surface area (Å²) in [4.78, 5) is 26.0. The highest BCUT2D eigenvalue weighted by Gasteiger charge is 2.22. The zero-order valence-electron chi connectivity index (χ0n) is 16.3. The van der Waals surface area contributed by atoms with Crippen molar-refractivity contribution in [3.05, 3.63) is 59.6 Å². The van der Waals surface area contributed by atoms with Crippen LogP contribution in [-0.4, -0.2) is 18.5 Å². The first kappa shape index (κ1) is 19.0. The average molecular weight is 395 g/mol. The normalized spacial score (nSPS) is 15.0. The van der Waals surface area contributed by atoms with Crippen molar-refractivity contribution < 1.29 is 18.4 Å². The maximum Gasteiger partial charge on any atom is 0.319 e. The number of carbonyl (C=O) groups is 2. The van der Waals surface area contributed by atoms with Crippen molar-refractivity contribution in [3.8, 4) is 0 Å². The van der Waals surface area contributed by atoms with Gasteiger partial charge in [0.05, 0.1) is 6.04 Å². The highest BCUT2D eigenvalue weighted by atomic mass is 19.1. The molecule has 2 N–H and O–H groups in total. The zero-order chi connectivity index (χ0) is 20.5. The van der Waals surface area contributed by atoms with Crippen molar-refractivity contribution in [2.75, 3.05) is 16.8 Å². The fourth-order valence-electron chi connectivity index (χ4n) is 3.70. The van der Waals surface area contributed by atoms with Crippen LogP contribution in [0.25, 0.3) is 11.0 Å². The van der Waals surface area contributed by atoms with E-state index >= 15 is 0 Å². The molecule has 1 aliphatic rings. The molecule has 3 amide bonds. The van der Waals surface area contributed by atoms with Crippen LogP contribution >= 0.6 is 0 Å². The Bertz CT molecular complexity index is 1070. The van der Waals surface area contributed by atoms with Crippen LogP contribution in [0, 0.1) is 12.7 Å². The molecule has 6 nitrogen and oxygen atoms in total. The van der Waals surface area contributed by atoms with Crippen molar-refractivity contribution in [3.63, 3.8) is 0 Å². The number of nitrogens with zero attached hydrogens (tertiary/aromatic N) is 1. The molecule has 0 radical (unpaired) electrons. The van der Waals surface area contributed by atoms with Crippen LogP contribution in [-0.2, 0) is 4.79 Å². The van der Waals surface area contributed by atoms with E-state index in [-0.39, 0.29) is 17.8 Å². The van der Waals surface area contributed by atoms with Crippen LogP contribution < -0.4 is 15.5 Å². The molecule has 29 heavy (non-hydrogen) atoms. The van der Waals surface area contributed by atoms with E-state index in [0.29, 0.717) is 28.8 Å². The van der Waals surface area contributed by atoms with Gasteiger partial charge in [0.15, 0.2) is 0 Å². The van der Waals surface area contributed by atoms with E-state index < -0.39 is 6.04 Å². The summed E-state index contributed by atoms with van der Waals surface area (Å²) in [5, 5.41) is 6.31. The number of halogens is 1. The van der Waals surface area contributed by atoms with Crippen molar-refractivity contribution in [2.45, 2.75) is 32.7 Å². The molecule has 0 bridgehead atoms. The molecule has 7 heteroatoms. The first-order chi connectivity index (χ1) is 13.9. The molecule has 2 aromatic carbocycles. The average Bonchev–Trinajstić information content (AvgIpc) is 3.26. The van der Waals surface area contributed by atoms with Crippen LogP contribution in [0.3, 0.4) is 0 Å². The molecular weight excluding hydrogens is 373 g/mol. The lowest BCUT2D eigenvalue weighted by Crippen LogP contribution is -2.31. The third kappa shape index (κ3) is 3.81. The Morgan fingerprint density at radius 2 is 1.97 bits per heavy atom. The van der Waals surface area contributed by atoms with Crippen LogP contribution in [0.4, 0.5) is 20.6 Å². The molecule has 1 aromatic heterocycles. The quantitative estimate of drug-likeness (QED) is 0.660. The number of carbonyl (C=O) groups excluding carboxylic acids is 2. The summed E-state index contributed by atoms with van der Waals surface area (Å²) in [6.45, 7) is 4.38. The minimum Gasteiger partial charge on any atom is -0.459 e. The summed E-state index contributed by atoms with van der Waals surface area (Å²) in [5.41, 5.74) is 2.83. The smallest absolute Gasteiger partial charge is 0.319 e. The van der Waals surface area contributed by atoms with Gasteiger partial charge in [0, 0.05) is 35.3 Å². The number of benzene rings is 2. The lowest BCUT2D eigenvalue weighted by atomic mass is 10.1. The molecule has 0 spiro atoms. The highest BCUT2D eigenvalue weighted by molar-refractivity contribution is 5.96. The van der Waals surface area contributed by atoms with Gasteiger partial charge in [-0.05, 0) is 62.7 Å². The number of hydrogen-bond donors (Lipinski definition) is 2. The van der Waals surface area contributed by atoms with Gasteiger partial charge in [-0.15, -0.1) is 0 Å². The van der Waals surface area contributed by atoms with Crippen LogP contribution in [0.5, 0.6) is 0 Å². The largest absolute Gasteiger partial charge is 0.459 e. The molecule has 0 aliphatic carbocycles. The maximum atomic E-state index is 13.5. The second-order valence-corrected chi connectivity index (χ2v) is 7.25. The summed E-state index contributed by atoms with van der Waals surface area (Å²) >= 11 is 0. The molecule has 1 saturated heterocycles. The van der Waals surface area contributed by atoms with E-state index in [1.165, 1.54) is 12.1 Å². The third-order valence-electron chi connectivity index (χ3n) is 5.19. The van der Waals surface area contributed by atoms with Gasteiger partial charge in [0.1, 0.15) is 17.2 Å². The second kappa shape index (κ2) is 7.58. The van der Waals surface area contributed by atoms with Gasteiger partial charge in [-0.2, -0.15) is 0 Å². The summed E-state index contributed by atoms with van der Waals surface area (Å²) in [6, 6.07) is 10.7. The van der Waals surface area contributed by atoms with Gasteiger partial charge in [0.25, 0.3) is 0 Å². The number of amides is 3. The minimum atomic E-state index is -0.396.